The molecule has 0 radical (unpaired) electrons. The van der Waals surface area contributed by atoms with Gasteiger partial charge in [-0.25, -0.2) is 4.79 Å². The number of carbonyl (C=O) groups is 1. The van der Waals surface area contributed by atoms with Crippen molar-refractivity contribution < 1.29 is 4.79 Å². The van der Waals surface area contributed by atoms with E-state index in [1.807, 2.05) is 6.07 Å². The zero-order valence-corrected chi connectivity index (χ0v) is 8.71. The standard InChI is InChI=1S/C11H10N4O/c1-15-9(10(13)14-11(15)16)8-4-2-7(6-12)3-5-8/h2-5,9H,1H3,(H2,13,14,16). The van der Waals surface area contributed by atoms with Gasteiger partial charge in [-0.1, -0.05) is 12.1 Å². The van der Waals surface area contributed by atoms with Gasteiger partial charge in [0.25, 0.3) is 0 Å². The highest BCUT2D eigenvalue weighted by Crippen LogP contribution is 2.25. The normalized spacial score (nSPS) is 19.5. The summed E-state index contributed by atoms with van der Waals surface area (Å²) >= 11 is 0. The van der Waals surface area contributed by atoms with E-state index in [0.717, 1.165) is 5.56 Å². The van der Waals surface area contributed by atoms with Gasteiger partial charge in [-0.05, 0) is 17.7 Å². The van der Waals surface area contributed by atoms with Crippen LogP contribution in [0.4, 0.5) is 4.79 Å². The number of nitriles is 1. The number of carbonyl (C=O) groups excluding carboxylic acids is 1. The Hall–Kier alpha value is -2.35. The zero-order valence-electron chi connectivity index (χ0n) is 8.71. The minimum absolute atomic E-state index is 0.289. The lowest BCUT2D eigenvalue weighted by molar-refractivity contribution is 0.218. The van der Waals surface area contributed by atoms with Gasteiger partial charge in [-0.2, -0.15) is 10.3 Å². The van der Waals surface area contributed by atoms with Crippen molar-refractivity contribution in [2.75, 3.05) is 7.05 Å². The summed E-state index contributed by atoms with van der Waals surface area (Å²) in [6.07, 6.45) is 0. The minimum Gasteiger partial charge on any atom is -0.385 e. The maximum Gasteiger partial charge on any atom is 0.345 e. The second kappa shape index (κ2) is 3.66. The summed E-state index contributed by atoms with van der Waals surface area (Å²) in [5.74, 6) is 0.289. The highest BCUT2D eigenvalue weighted by Gasteiger charge is 2.31. The average molecular weight is 214 g/mol. The molecule has 0 saturated heterocycles. The summed E-state index contributed by atoms with van der Waals surface area (Å²) in [6.45, 7) is 0. The molecule has 0 saturated carbocycles. The number of nitrogens with zero attached hydrogens (tertiary/aromatic N) is 3. The summed E-state index contributed by atoms with van der Waals surface area (Å²) in [6, 6.07) is 8.32. The van der Waals surface area contributed by atoms with Crippen molar-refractivity contribution in [3.05, 3.63) is 35.4 Å². The quantitative estimate of drug-likeness (QED) is 0.757. The van der Waals surface area contributed by atoms with Crippen LogP contribution in [-0.2, 0) is 0 Å². The zero-order chi connectivity index (χ0) is 11.7. The molecule has 1 aromatic rings. The Labute approximate surface area is 92.8 Å². The number of rotatable bonds is 1. The molecule has 0 spiro atoms. The molecule has 2 N–H and O–H groups in total. The Kier molecular flexibility index (Phi) is 2.33. The predicted molar refractivity (Wildman–Crippen MR) is 58.7 cm³/mol. The third kappa shape index (κ3) is 1.50. The second-order valence-electron chi connectivity index (χ2n) is 3.57. The summed E-state index contributed by atoms with van der Waals surface area (Å²) in [5.41, 5.74) is 7.12. The van der Waals surface area contributed by atoms with Crippen molar-refractivity contribution in [2.24, 2.45) is 10.7 Å². The lowest BCUT2D eigenvalue weighted by atomic mass is 10.0. The largest absolute Gasteiger partial charge is 0.385 e. The molecule has 80 valence electrons. The van der Waals surface area contributed by atoms with Gasteiger partial charge < -0.3 is 10.6 Å². The van der Waals surface area contributed by atoms with Crippen molar-refractivity contribution in [1.29, 1.82) is 5.26 Å². The highest BCUT2D eigenvalue weighted by atomic mass is 16.2. The lowest BCUT2D eigenvalue weighted by Gasteiger charge is -2.19. The maximum absolute atomic E-state index is 11.3. The fourth-order valence-corrected chi connectivity index (χ4v) is 1.69. The van der Waals surface area contributed by atoms with Gasteiger partial charge in [0.15, 0.2) is 0 Å². The van der Waals surface area contributed by atoms with Crippen LogP contribution in [0.5, 0.6) is 0 Å². The molecular weight excluding hydrogens is 204 g/mol. The minimum atomic E-state index is -0.341. The van der Waals surface area contributed by atoms with Gasteiger partial charge in [0.1, 0.15) is 11.9 Å². The first-order valence-electron chi connectivity index (χ1n) is 4.74. The van der Waals surface area contributed by atoms with Crippen LogP contribution in [0.3, 0.4) is 0 Å². The van der Waals surface area contributed by atoms with Crippen LogP contribution in [0.25, 0.3) is 0 Å². The SMILES string of the molecule is CN1C(=O)N=C(N)C1c1ccc(C#N)cc1. The summed E-state index contributed by atoms with van der Waals surface area (Å²) < 4.78 is 0. The van der Waals surface area contributed by atoms with E-state index < -0.39 is 0 Å². The molecule has 2 amide bonds. The van der Waals surface area contributed by atoms with Crippen LogP contribution in [0, 0.1) is 11.3 Å². The van der Waals surface area contributed by atoms with Gasteiger partial charge in [0.2, 0.25) is 0 Å². The molecule has 1 aliphatic heterocycles. The van der Waals surface area contributed by atoms with Crippen molar-refractivity contribution in [2.45, 2.75) is 6.04 Å². The predicted octanol–water partition coefficient (Wildman–Crippen LogP) is 1.02. The van der Waals surface area contributed by atoms with Crippen LogP contribution >= 0.6 is 0 Å². The van der Waals surface area contributed by atoms with Crippen molar-refractivity contribution in [3.63, 3.8) is 0 Å². The van der Waals surface area contributed by atoms with E-state index in [1.165, 1.54) is 4.90 Å². The molecule has 0 fully saturated rings. The molecule has 0 bridgehead atoms. The Balaban J connectivity index is 2.35. The molecule has 1 unspecified atom stereocenters. The van der Waals surface area contributed by atoms with E-state index in [0.29, 0.717) is 5.56 Å². The second-order valence-corrected chi connectivity index (χ2v) is 3.57. The number of nitrogens with two attached hydrogens (primary N) is 1. The van der Waals surface area contributed by atoms with Gasteiger partial charge in [0.05, 0.1) is 11.6 Å². The summed E-state index contributed by atoms with van der Waals surface area (Å²) in [4.78, 5) is 16.5. The van der Waals surface area contributed by atoms with Crippen LogP contribution in [0.2, 0.25) is 0 Å². The molecule has 2 rings (SSSR count). The van der Waals surface area contributed by atoms with Crippen LogP contribution < -0.4 is 5.73 Å². The number of amides is 2. The van der Waals surface area contributed by atoms with Gasteiger partial charge in [-0.15, -0.1) is 0 Å². The number of hydrogen-bond acceptors (Lipinski definition) is 3. The third-order valence-corrected chi connectivity index (χ3v) is 2.55. The van der Waals surface area contributed by atoms with Crippen LogP contribution in [-0.4, -0.2) is 23.8 Å². The number of urea groups is 1. The molecule has 1 atom stereocenters. The smallest absolute Gasteiger partial charge is 0.345 e. The van der Waals surface area contributed by atoms with Crippen LogP contribution in [0.1, 0.15) is 17.2 Å². The van der Waals surface area contributed by atoms with Gasteiger partial charge >= 0.3 is 6.03 Å². The van der Waals surface area contributed by atoms with E-state index in [9.17, 15) is 4.79 Å². The van der Waals surface area contributed by atoms with Crippen molar-refractivity contribution >= 4 is 11.9 Å². The fraction of sp³-hybridized carbons (Fsp3) is 0.182. The number of hydrogen-bond donors (Lipinski definition) is 1. The first-order chi connectivity index (χ1) is 7.63. The molecule has 0 aliphatic carbocycles. The van der Waals surface area contributed by atoms with Crippen molar-refractivity contribution in [3.8, 4) is 6.07 Å². The molecule has 1 heterocycles. The lowest BCUT2D eigenvalue weighted by Crippen LogP contribution is -2.29. The molecule has 16 heavy (non-hydrogen) atoms. The Morgan fingerprint density at radius 3 is 2.50 bits per heavy atom. The Morgan fingerprint density at radius 2 is 2.06 bits per heavy atom. The summed E-state index contributed by atoms with van der Waals surface area (Å²) in [7, 11) is 1.65. The van der Waals surface area contributed by atoms with E-state index in [-0.39, 0.29) is 17.9 Å². The monoisotopic (exact) mass is 214 g/mol. The van der Waals surface area contributed by atoms with E-state index in [1.54, 1.807) is 31.3 Å². The molecule has 1 aliphatic rings. The Morgan fingerprint density at radius 1 is 1.44 bits per heavy atom. The number of likely N-dealkylation sites (N-methyl/N-ethyl adjacent to an activating group) is 1. The fourth-order valence-electron chi connectivity index (χ4n) is 1.69. The van der Waals surface area contributed by atoms with E-state index in [2.05, 4.69) is 4.99 Å². The highest BCUT2D eigenvalue weighted by molar-refractivity contribution is 6.03. The Bertz CT molecular complexity index is 498. The van der Waals surface area contributed by atoms with Crippen LogP contribution in [0.15, 0.2) is 29.3 Å². The number of aliphatic imine (C=N–C) groups is 1. The number of amidine groups is 1. The van der Waals surface area contributed by atoms with Gasteiger partial charge in [-0.3, -0.25) is 0 Å². The van der Waals surface area contributed by atoms with Crippen molar-refractivity contribution in [1.82, 2.24) is 4.90 Å². The average Bonchev–Trinajstić information content (AvgIpc) is 2.54. The molecular formula is C11H10N4O. The maximum atomic E-state index is 11.3. The molecule has 0 aromatic heterocycles. The number of benzene rings is 1. The molecule has 5 nitrogen and oxygen atoms in total. The molecule has 1 aromatic carbocycles. The van der Waals surface area contributed by atoms with E-state index >= 15 is 0 Å². The summed E-state index contributed by atoms with van der Waals surface area (Å²) in [5, 5.41) is 8.68. The molecule has 5 heteroatoms. The first-order valence-corrected chi connectivity index (χ1v) is 4.74. The van der Waals surface area contributed by atoms with Gasteiger partial charge in [0, 0.05) is 7.05 Å². The first kappa shape index (κ1) is 10.2. The third-order valence-electron chi connectivity index (χ3n) is 2.55. The van der Waals surface area contributed by atoms with E-state index in [4.69, 9.17) is 11.0 Å². The topological polar surface area (TPSA) is 82.5 Å².